The van der Waals surface area contributed by atoms with Crippen LogP contribution in [0.25, 0.3) is 0 Å². The van der Waals surface area contributed by atoms with E-state index in [1.165, 1.54) is 4.68 Å². The fraction of sp³-hybridized carbons (Fsp3) is 0.385. The van der Waals surface area contributed by atoms with Crippen LogP contribution in [0.3, 0.4) is 0 Å². The highest BCUT2D eigenvalue weighted by atomic mass is 32.2. The molecule has 22 heavy (non-hydrogen) atoms. The van der Waals surface area contributed by atoms with Crippen molar-refractivity contribution in [2.45, 2.75) is 31.0 Å². The molecule has 1 atom stereocenters. The first-order valence-electron chi connectivity index (χ1n) is 6.44. The molecular formula is C13H17N3O4S2. The maximum atomic E-state index is 12.4. The van der Waals surface area contributed by atoms with Crippen LogP contribution in [0.5, 0.6) is 0 Å². The number of nitrogens with zero attached hydrogens (tertiary/aromatic N) is 2. The van der Waals surface area contributed by atoms with Crippen LogP contribution in [0.2, 0.25) is 0 Å². The zero-order valence-corrected chi connectivity index (χ0v) is 14.2. The number of carboxylic acids is 1. The third kappa shape index (κ3) is 2.92. The van der Waals surface area contributed by atoms with Crippen molar-refractivity contribution >= 4 is 27.3 Å². The van der Waals surface area contributed by atoms with Gasteiger partial charge >= 0.3 is 5.97 Å². The average Bonchev–Trinajstić information content (AvgIpc) is 2.93. The molecule has 0 saturated carbocycles. The van der Waals surface area contributed by atoms with Gasteiger partial charge in [0.1, 0.15) is 10.3 Å². The Kier molecular flexibility index (Phi) is 4.41. The fourth-order valence-corrected chi connectivity index (χ4v) is 4.88. The van der Waals surface area contributed by atoms with Crippen molar-refractivity contribution in [3.05, 3.63) is 34.0 Å². The Morgan fingerprint density at radius 3 is 2.45 bits per heavy atom. The zero-order valence-electron chi connectivity index (χ0n) is 12.6. The Bertz CT molecular complexity index is 820. The van der Waals surface area contributed by atoms with Crippen molar-refractivity contribution in [1.29, 1.82) is 0 Å². The molecule has 9 heteroatoms. The number of hydrogen-bond donors (Lipinski definition) is 2. The molecule has 2 heterocycles. The molecule has 120 valence electrons. The molecule has 0 spiro atoms. The molecule has 0 fully saturated rings. The Labute approximate surface area is 132 Å². The summed E-state index contributed by atoms with van der Waals surface area (Å²) in [6.07, 6.45) is 0. The lowest BCUT2D eigenvalue weighted by molar-refractivity contribution is -0.139. The van der Waals surface area contributed by atoms with Crippen molar-refractivity contribution in [2.75, 3.05) is 0 Å². The van der Waals surface area contributed by atoms with E-state index >= 15 is 0 Å². The van der Waals surface area contributed by atoms with Gasteiger partial charge in [-0.2, -0.15) is 9.82 Å². The van der Waals surface area contributed by atoms with E-state index in [0.29, 0.717) is 22.5 Å². The van der Waals surface area contributed by atoms with Gasteiger partial charge in [0.05, 0.1) is 5.69 Å². The lowest BCUT2D eigenvalue weighted by Crippen LogP contribution is -2.34. The molecule has 0 aliphatic carbocycles. The zero-order chi connectivity index (χ0) is 16.7. The van der Waals surface area contributed by atoms with E-state index in [4.69, 9.17) is 0 Å². The maximum absolute atomic E-state index is 12.4. The molecule has 0 saturated heterocycles. The van der Waals surface area contributed by atoms with Crippen molar-refractivity contribution in [2.24, 2.45) is 7.05 Å². The molecule has 0 aliphatic rings. The molecule has 0 amide bonds. The average molecular weight is 343 g/mol. The molecule has 7 nitrogen and oxygen atoms in total. The van der Waals surface area contributed by atoms with E-state index in [9.17, 15) is 18.3 Å². The van der Waals surface area contributed by atoms with Gasteiger partial charge in [0.2, 0.25) is 0 Å². The molecule has 2 aromatic heterocycles. The monoisotopic (exact) mass is 343 g/mol. The van der Waals surface area contributed by atoms with Crippen LogP contribution < -0.4 is 4.72 Å². The van der Waals surface area contributed by atoms with Crippen molar-refractivity contribution < 1.29 is 18.3 Å². The number of sulfonamides is 1. The lowest BCUT2D eigenvalue weighted by atomic mass is 10.1. The summed E-state index contributed by atoms with van der Waals surface area (Å²) < 4.78 is 28.8. The van der Waals surface area contributed by atoms with Gasteiger partial charge in [-0.15, -0.1) is 11.3 Å². The minimum Gasteiger partial charge on any atom is -0.480 e. The van der Waals surface area contributed by atoms with E-state index in [-0.39, 0.29) is 4.21 Å². The van der Waals surface area contributed by atoms with Crippen LogP contribution in [0.4, 0.5) is 0 Å². The quantitative estimate of drug-likeness (QED) is 0.857. The number of aliphatic carboxylic acids is 1. The SMILES string of the molecule is Cc1ccsc1S(=O)(=O)NC(C(=O)O)c1c(C)nn(C)c1C. The molecule has 0 bridgehead atoms. The minimum atomic E-state index is -3.91. The predicted molar refractivity (Wildman–Crippen MR) is 82.4 cm³/mol. The summed E-state index contributed by atoms with van der Waals surface area (Å²) in [5.41, 5.74) is 2.04. The van der Waals surface area contributed by atoms with Crippen LogP contribution in [0.15, 0.2) is 15.7 Å². The lowest BCUT2D eigenvalue weighted by Gasteiger charge is -2.15. The molecule has 2 N–H and O–H groups in total. The van der Waals surface area contributed by atoms with Crippen LogP contribution in [-0.4, -0.2) is 29.3 Å². The van der Waals surface area contributed by atoms with Gasteiger partial charge in [0.25, 0.3) is 10.0 Å². The normalized spacial score (nSPS) is 13.3. The van der Waals surface area contributed by atoms with Gasteiger partial charge in [-0.25, -0.2) is 8.42 Å². The molecule has 2 aromatic rings. The standard InChI is InChI=1S/C13H17N3O4S2/c1-7-5-6-21-13(7)22(19,20)15-11(12(17)18)10-8(2)14-16(4)9(10)3/h5-6,11,15H,1-4H3,(H,17,18). The number of aromatic nitrogens is 2. The number of nitrogens with one attached hydrogen (secondary N) is 1. The summed E-state index contributed by atoms with van der Waals surface area (Å²) in [7, 11) is -2.23. The minimum absolute atomic E-state index is 0.123. The summed E-state index contributed by atoms with van der Waals surface area (Å²) in [5, 5.41) is 15.3. The van der Waals surface area contributed by atoms with Gasteiger partial charge in [0.15, 0.2) is 0 Å². The van der Waals surface area contributed by atoms with Gasteiger partial charge in [-0.3, -0.25) is 9.48 Å². The van der Waals surface area contributed by atoms with Gasteiger partial charge in [0, 0.05) is 18.3 Å². The number of aryl methyl sites for hydroxylation is 3. The summed E-state index contributed by atoms with van der Waals surface area (Å²) >= 11 is 1.05. The molecule has 0 radical (unpaired) electrons. The van der Waals surface area contributed by atoms with Gasteiger partial charge in [-0.05, 0) is 37.8 Å². The first-order chi connectivity index (χ1) is 10.1. The second-order valence-electron chi connectivity index (χ2n) is 4.99. The molecule has 1 unspecified atom stereocenters. The third-order valence-electron chi connectivity index (χ3n) is 3.43. The van der Waals surface area contributed by atoms with E-state index in [0.717, 1.165) is 11.3 Å². The maximum Gasteiger partial charge on any atom is 0.326 e. The Balaban J connectivity index is 2.47. The third-order valence-corrected chi connectivity index (χ3v) is 6.54. The van der Waals surface area contributed by atoms with Crippen LogP contribution >= 0.6 is 11.3 Å². The molecular weight excluding hydrogens is 326 g/mol. The topological polar surface area (TPSA) is 101 Å². The van der Waals surface area contributed by atoms with Crippen molar-refractivity contribution in [3.63, 3.8) is 0 Å². The molecule has 0 aliphatic heterocycles. The largest absolute Gasteiger partial charge is 0.480 e. The smallest absolute Gasteiger partial charge is 0.326 e. The second kappa shape index (κ2) is 5.82. The number of rotatable bonds is 5. The number of hydrogen-bond acceptors (Lipinski definition) is 5. The highest BCUT2D eigenvalue weighted by molar-refractivity contribution is 7.91. The summed E-state index contributed by atoms with van der Waals surface area (Å²) in [6, 6.07) is 0.301. The molecule has 2 rings (SSSR count). The summed E-state index contributed by atoms with van der Waals surface area (Å²) in [4.78, 5) is 11.6. The summed E-state index contributed by atoms with van der Waals surface area (Å²) in [6.45, 7) is 5.03. The van der Waals surface area contributed by atoms with E-state index < -0.39 is 22.0 Å². The van der Waals surface area contributed by atoms with E-state index in [1.54, 1.807) is 39.3 Å². The van der Waals surface area contributed by atoms with Gasteiger partial charge in [-0.1, -0.05) is 0 Å². The van der Waals surface area contributed by atoms with E-state index in [1.807, 2.05) is 0 Å². The van der Waals surface area contributed by atoms with Gasteiger partial charge < -0.3 is 5.11 Å². The first kappa shape index (κ1) is 16.7. The van der Waals surface area contributed by atoms with Crippen molar-refractivity contribution in [1.82, 2.24) is 14.5 Å². The van der Waals surface area contributed by atoms with Crippen LogP contribution in [0, 0.1) is 20.8 Å². The number of carbonyl (C=O) groups is 1. The van der Waals surface area contributed by atoms with Crippen molar-refractivity contribution in [3.8, 4) is 0 Å². The van der Waals surface area contributed by atoms with Crippen LogP contribution in [-0.2, 0) is 21.9 Å². The Morgan fingerprint density at radius 2 is 2.05 bits per heavy atom. The highest BCUT2D eigenvalue weighted by Crippen LogP contribution is 2.27. The number of carboxylic acid groups (broad SMARTS) is 1. The second-order valence-corrected chi connectivity index (χ2v) is 7.82. The number of thiophene rings is 1. The Morgan fingerprint density at radius 1 is 1.41 bits per heavy atom. The molecule has 0 aromatic carbocycles. The fourth-order valence-electron chi connectivity index (χ4n) is 2.28. The van der Waals surface area contributed by atoms with Crippen LogP contribution in [0.1, 0.15) is 28.6 Å². The van der Waals surface area contributed by atoms with E-state index in [2.05, 4.69) is 9.82 Å². The predicted octanol–water partition coefficient (Wildman–Crippen LogP) is 1.51. The Hall–Kier alpha value is -1.71. The first-order valence-corrected chi connectivity index (χ1v) is 8.80. The highest BCUT2D eigenvalue weighted by Gasteiger charge is 2.32. The summed E-state index contributed by atoms with van der Waals surface area (Å²) in [5.74, 6) is -1.27.